The minimum absolute atomic E-state index is 0.0945. The fourth-order valence-corrected chi connectivity index (χ4v) is 2.66. The lowest BCUT2D eigenvalue weighted by Crippen LogP contribution is -2.43. The van der Waals surface area contributed by atoms with Gasteiger partial charge in [-0.25, -0.2) is 4.79 Å². The Labute approximate surface area is 141 Å². The van der Waals surface area contributed by atoms with Gasteiger partial charge in [0, 0.05) is 23.9 Å². The first-order chi connectivity index (χ1) is 11.7. The summed E-state index contributed by atoms with van der Waals surface area (Å²) in [4.78, 5) is 22.0. The molecule has 0 unspecified atom stereocenters. The van der Waals surface area contributed by atoms with Crippen molar-refractivity contribution in [3.63, 3.8) is 0 Å². The number of alkyl halides is 3. The monoisotopic (exact) mass is 361 g/mol. The van der Waals surface area contributed by atoms with Crippen molar-refractivity contribution in [2.24, 2.45) is 0 Å². The molecule has 2 rings (SSSR count). The molecule has 0 bridgehead atoms. The molecule has 2 atom stereocenters. The summed E-state index contributed by atoms with van der Waals surface area (Å²) in [5, 5.41) is 15.8. The lowest BCUT2D eigenvalue weighted by atomic mass is 9.93. The first-order valence-electron chi connectivity index (χ1n) is 7.73. The zero-order valence-corrected chi connectivity index (χ0v) is 13.2. The summed E-state index contributed by atoms with van der Waals surface area (Å²) < 4.78 is 41.4. The van der Waals surface area contributed by atoms with E-state index in [2.05, 4.69) is 10.6 Å². The lowest BCUT2D eigenvalue weighted by Gasteiger charge is -2.30. The number of nitro groups is 1. The molecule has 1 aromatic carbocycles. The number of nitrogens with one attached hydrogen (secondary N) is 2. The van der Waals surface area contributed by atoms with E-state index in [-0.39, 0.29) is 11.7 Å². The number of rotatable bonds is 5. The summed E-state index contributed by atoms with van der Waals surface area (Å²) in [7, 11) is 0. The number of benzene rings is 1. The molecule has 0 aromatic heterocycles. The maximum absolute atomic E-state index is 12.2. The third-order valence-electron chi connectivity index (χ3n) is 3.78. The van der Waals surface area contributed by atoms with Crippen LogP contribution < -0.4 is 10.6 Å². The lowest BCUT2D eigenvalue weighted by molar-refractivity contribution is -0.384. The number of anilines is 1. The molecule has 25 heavy (non-hydrogen) atoms. The average molecular weight is 361 g/mol. The highest BCUT2D eigenvalue weighted by Gasteiger charge is 2.31. The number of carbonyl (C=O) groups excluding carboxylic acids is 1. The molecule has 1 aliphatic rings. The molecule has 1 saturated carbocycles. The van der Waals surface area contributed by atoms with E-state index in [1.807, 2.05) is 0 Å². The van der Waals surface area contributed by atoms with Crippen LogP contribution in [0, 0.1) is 10.1 Å². The number of hydrogen-bond acceptors (Lipinski definition) is 4. The van der Waals surface area contributed by atoms with E-state index in [4.69, 9.17) is 4.74 Å². The molecule has 2 amide bonds. The summed E-state index contributed by atoms with van der Waals surface area (Å²) in [6.45, 7) is -1.29. The van der Waals surface area contributed by atoms with Gasteiger partial charge in [-0.05, 0) is 37.8 Å². The number of halogens is 3. The Morgan fingerprint density at radius 1 is 1.28 bits per heavy atom. The van der Waals surface area contributed by atoms with Crippen LogP contribution in [0.3, 0.4) is 0 Å². The van der Waals surface area contributed by atoms with E-state index in [0.717, 1.165) is 0 Å². The van der Waals surface area contributed by atoms with Gasteiger partial charge in [-0.3, -0.25) is 10.1 Å². The Balaban J connectivity index is 1.80. The summed E-state index contributed by atoms with van der Waals surface area (Å²) in [5.74, 6) is 0. The molecule has 1 aliphatic carbocycles. The molecule has 0 aliphatic heterocycles. The van der Waals surface area contributed by atoms with E-state index in [0.29, 0.717) is 31.4 Å². The first kappa shape index (κ1) is 19.0. The molecule has 138 valence electrons. The topological polar surface area (TPSA) is 93.5 Å². The van der Waals surface area contributed by atoms with Crippen molar-refractivity contribution in [1.29, 1.82) is 0 Å². The van der Waals surface area contributed by atoms with E-state index in [1.165, 1.54) is 24.3 Å². The van der Waals surface area contributed by atoms with E-state index >= 15 is 0 Å². The van der Waals surface area contributed by atoms with E-state index < -0.39 is 29.8 Å². The molecular formula is C15H18F3N3O4. The van der Waals surface area contributed by atoms with Crippen LogP contribution >= 0.6 is 0 Å². The zero-order valence-electron chi connectivity index (χ0n) is 13.2. The average Bonchev–Trinajstić information content (AvgIpc) is 2.53. The second-order valence-electron chi connectivity index (χ2n) is 5.81. The second-order valence-corrected chi connectivity index (χ2v) is 5.81. The van der Waals surface area contributed by atoms with E-state index in [9.17, 15) is 28.1 Å². The SMILES string of the molecule is O=C(Nc1ccc([N+](=O)[O-])cc1)N[C@@H]1CCC[C@H](OCC(F)(F)F)C1. The van der Waals surface area contributed by atoms with Gasteiger partial charge in [-0.2, -0.15) is 13.2 Å². The van der Waals surface area contributed by atoms with Crippen LogP contribution in [0.5, 0.6) is 0 Å². The Kier molecular flexibility index (Phi) is 6.18. The van der Waals surface area contributed by atoms with Crippen LogP contribution in [-0.2, 0) is 4.74 Å². The molecule has 10 heteroatoms. The highest BCUT2D eigenvalue weighted by molar-refractivity contribution is 5.89. The Bertz CT molecular complexity index is 607. The predicted octanol–water partition coefficient (Wildman–Crippen LogP) is 3.61. The smallest absolute Gasteiger partial charge is 0.369 e. The van der Waals surface area contributed by atoms with Crippen molar-refractivity contribution in [2.75, 3.05) is 11.9 Å². The van der Waals surface area contributed by atoms with Gasteiger partial charge >= 0.3 is 12.2 Å². The molecular weight excluding hydrogens is 343 g/mol. The number of nitro benzene ring substituents is 1. The van der Waals surface area contributed by atoms with Crippen LogP contribution in [-0.4, -0.2) is 35.9 Å². The number of hydrogen-bond donors (Lipinski definition) is 2. The number of ether oxygens (including phenoxy) is 1. The van der Waals surface area contributed by atoms with Gasteiger partial charge < -0.3 is 15.4 Å². The number of nitrogens with zero attached hydrogens (tertiary/aromatic N) is 1. The normalized spacial score (nSPS) is 20.8. The Hall–Kier alpha value is -2.36. The summed E-state index contributed by atoms with van der Waals surface area (Å²) in [6.07, 6.45) is -2.76. The van der Waals surface area contributed by atoms with Gasteiger partial charge in [0.1, 0.15) is 6.61 Å². The van der Waals surface area contributed by atoms with Crippen molar-refractivity contribution < 1.29 is 27.6 Å². The minimum atomic E-state index is -4.37. The minimum Gasteiger partial charge on any atom is -0.369 e. The zero-order chi connectivity index (χ0) is 18.4. The highest BCUT2D eigenvalue weighted by Crippen LogP contribution is 2.24. The van der Waals surface area contributed by atoms with Gasteiger partial charge in [-0.1, -0.05) is 0 Å². The molecule has 0 spiro atoms. The molecule has 2 N–H and O–H groups in total. The van der Waals surface area contributed by atoms with Crippen LogP contribution in [0.15, 0.2) is 24.3 Å². The third kappa shape index (κ3) is 6.57. The number of carbonyl (C=O) groups is 1. The second kappa shape index (κ2) is 8.15. The summed E-state index contributed by atoms with van der Waals surface area (Å²) in [6, 6.07) is 4.51. The van der Waals surface area contributed by atoms with Gasteiger partial charge in [0.2, 0.25) is 0 Å². The van der Waals surface area contributed by atoms with Crippen molar-refractivity contribution >= 4 is 17.4 Å². The van der Waals surface area contributed by atoms with Crippen molar-refractivity contribution in [1.82, 2.24) is 5.32 Å². The quantitative estimate of drug-likeness (QED) is 0.619. The van der Waals surface area contributed by atoms with Crippen LogP contribution in [0.25, 0.3) is 0 Å². The maximum Gasteiger partial charge on any atom is 0.411 e. The highest BCUT2D eigenvalue weighted by atomic mass is 19.4. The summed E-state index contributed by atoms with van der Waals surface area (Å²) >= 11 is 0. The largest absolute Gasteiger partial charge is 0.411 e. The van der Waals surface area contributed by atoms with Gasteiger partial charge in [0.05, 0.1) is 11.0 Å². The van der Waals surface area contributed by atoms with Crippen LogP contribution in [0.1, 0.15) is 25.7 Å². The molecule has 0 radical (unpaired) electrons. The van der Waals surface area contributed by atoms with Crippen LogP contribution in [0.4, 0.5) is 29.3 Å². The van der Waals surface area contributed by atoms with Gasteiger partial charge in [-0.15, -0.1) is 0 Å². The molecule has 1 fully saturated rings. The van der Waals surface area contributed by atoms with Crippen molar-refractivity contribution in [2.45, 2.75) is 44.0 Å². The maximum atomic E-state index is 12.2. The number of amides is 2. The summed E-state index contributed by atoms with van der Waals surface area (Å²) in [5.41, 5.74) is 0.284. The molecule has 1 aromatic rings. The number of non-ortho nitro benzene ring substituents is 1. The van der Waals surface area contributed by atoms with Crippen molar-refractivity contribution in [3.8, 4) is 0 Å². The van der Waals surface area contributed by atoms with Gasteiger partial charge in [0.25, 0.3) is 5.69 Å². The molecule has 0 heterocycles. The fourth-order valence-electron chi connectivity index (χ4n) is 2.66. The van der Waals surface area contributed by atoms with E-state index in [1.54, 1.807) is 0 Å². The number of urea groups is 1. The predicted molar refractivity (Wildman–Crippen MR) is 83.3 cm³/mol. The fraction of sp³-hybridized carbons (Fsp3) is 0.533. The first-order valence-corrected chi connectivity index (χ1v) is 7.73. The van der Waals surface area contributed by atoms with Gasteiger partial charge in [0.15, 0.2) is 0 Å². The van der Waals surface area contributed by atoms with Crippen molar-refractivity contribution in [3.05, 3.63) is 34.4 Å². The molecule has 7 nitrogen and oxygen atoms in total. The third-order valence-corrected chi connectivity index (χ3v) is 3.78. The molecule has 0 saturated heterocycles. The standard InChI is InChI=1S/C15H18F3N3O4/c16-15(17,18)9-25-13-3-1-2-11(8-13)20-14(22)19-10-4-6-12(7-5-10)21(23)24/h4-7,11,13H,1-3,8-9H2,(H2,19,20,22)/t11-,13+/m1/s1. The Morgan fingerprint density at radius 3 is 2.56 bits per heavy atom. The Morgan fingerprint density at radius 2 is 1.96 bits per heavy atom. The van der Waals surface area contributed by atoms with Crippen LogP contribution in [0.2, 0.25) is 0 Å².